The minimum atomic E-state index is -0.929. The molecule has 0 aliphatic carbocycles. The Kier molecular flexibility index (Phi) is 5.87. The molecule has 148 valence electrons. The highest BCUT2D eigenvalue weighted by atomic mass is 16.5. The fourth-order valence-corrected chi connectivity index (χ4v) is 3.80. The summed E-state index contributed by atoms with van der Waals surface area (Å²) in [5.74, 6) is 0.358. The van der Waals surface area contributed by atoms with Crippen LogP contribution in [0.4, 0.5) is 0 Å². The molecular weight excluding hydrogens is 358 g/mol. The second-order valence-electron chi connectivity index (χ2n) is 7.00. The lowest BCUT2D eigenvalue weighted by molar-refractivity contribution is -0.148. The van der Waals surface area contributed by atoms with Crippen molar-refractivity contribution in [3.05, 3.63) is 59.7 Å². The fourth-order valence-electron chi connectivity index (χ4n) is 3.80. The van der Waals surface area contributed by atoms with Crippen molar-refractivity contribution in [2.45, 2.75) is 24.7 Å². The van der Waals surface area contributed by atoms with Crippen molar-refractivity contribution in [1.29, 1.82) is 0 Å². The molecule has 1 saturated heterocycles. The van der Waals surface area contributed by atoms with Gasteiger partial charge in [-0.3, -0.25) is 9.59 Å². The molecule has 1 aliphatic rings. The van der Waals surface area contributed by atoms with E-state index in [1.165, 1.54) is 0 Å². The maximum Gasteiger partial charge on any atom is 0.314 e. The summed E-state index contributed by atoms with van der Waals surface area (Å²) in [5.41, 5.74) is 0.705. The number of likely N-dealkylation sites (tertiary alicyclic amines) is 1. The molecule has 0 unspecified atom stereocenters. The van der Waals surface area contributed by atoms with E-state index in [-0.39, 0.29) is 12.3 Å². The third kappa shape index (κ3) is 3.81. The number of ether oxygens (including phenoxy) is 2. The van der Waals surface area contributed by atoms with Crippen molar-refractivity contribution >= 4 is 11.9 Å². The number of piperidine rings is 1. The van der Waals surface area contributed by atoms with Crippen LogP contribution in [0.1, 0.15) is 24.0 Å². The number of nitrogens with zero attached hydrogens (tertiary/aromatic N) is 1. The van der Waals surface area contributed by atoms with Gasteiger partial charge in [0.2, 0.25) is 5.91 Å². The molecule has 0 saturated carbocycles. The van der Waals surface area contributed by atoms with Gasteiger partial charge in [-0.1, -0.05) is 36.4 Å². The van der Waals surface area contributed by atoms with Gasteiger partial charge >= 0.3 is 5.97 Å². The van der Waals surface area contributed by atoms with Crippen molar-refractivity contribution in [1.82, 2.24) is 4.90 Å². The number of carboxylic acids is 1. The minimum absolute atomic E-state index is 0.0146. The highest BCUT2D eigenvalue weighted by molar-refractivity contribution is 5.83. The van der Waals surface area contributed by atoms with E-state index < -0.39 is 11.4 Å². The number of carboxylic acid groups (broad SMARTS) is 1. The Labute approximate surface area is 164 Å². The second kappa shape index (κ2) is 8.33. The third-order valence-electron chi connectivity index (χ3n) is 5.51. The van der Waals surface area contributed by atoms with E-state index in [0.717, 1.165) is 11.1 Å². The lowest BCUT2D eigenvalue weighted by atomic mass is 9.73. The largest absolute Gasteiger partial charge is 0.493 e. The van der Waals surface area contributed by atoms with Gasteiger partial charge in [-0.25, -0.2) is 0 Å². The van der Waals surface area contributed by atoms with E-state index in [4.69, 9.17) is 9.47 Å². The van der Waals surface area contributed by atoms with Gasteiger partial charge in [0.25, 0.3) is 0 Å². The Balaban J connectivity index is 1.69. The first-order chi connectivity index (χ1) is 13.5. The fraction of sp³-hybridized carbons (Fsp3) is 0.364. The van der Waals surface area contributed by atoms with Crippen LogP contribution in [0, 0.1) is 0 Å². The van der Waals surface area contributed by atoms with Crippen LogP contribution in [-0.2, 0) is 21.4 Å². The predicted octanol–water partition coefficient (Wildman–Crippen LogP) is 2.89. The van der Waals surface area contributed by atoms with Crippen molar-refractivity contribution in [2.75, 3.05) is 27.3 Å². The molecule has 0 bridgehead atoms. The smallest absolute Gasteiger partial charge is 0.314 e. The first-order valence-electron chi connectivity index (χ1n) is 9.28. The van der Waals surface area contributed by atoms with Crippen LogP contribution in [0.25, 0.3) is 0 Å². The van der Waals surface area contributed by atoms with Gasteiger partial charge in [-0.15, -0.1) is 0 Å². The van der Waals surface area contributed by atoms with Gasteiger partial charge in [0.15, 0.2) is 11.5 Å². The van der Waals surface area contributed by atoms with E-state index in [9.17, 15) is 14.7 Å². The van der Waals surface area contributed by atoms with Crippen molar-refractivity contribution in [2.24, 2.45) is 0 Å². The summed E-state index contributed by atoms with van der Waals surface area (Å²) in [7, 11) is 3.13. The zero-order valence-corrected chi connectivity index (χ0v) is 16.2. The van der Waals surface area contributed by atoms with Crippen LogP contribution in [0.15, 0.2) is 48.5 Å². The van der Waals surface area contributed by atoms with Crippen molar-refractivity contribution in [3.8, 4) is 11.5 Å². The predicted molar refractivity (Wildman–Crippen MR) is 105 cm³/mol. The molecule has 1 aliphatic heterocycles. The number of aliphatic carboxylic acids is 1. The highest BCUT2D eigenvalue weighted by Crippen LogP contribution is 2.36. The van der Waals surface area contributed by atoms with E-state index in [1.54, 1.807) is 31.3 Å². The molecule has 6 nitrogen and oxygen atoms in total. The highest BCUT2D eigenvalue weighted by Gasteiger charge is 2.43. The first kappa shape index (κ1) is 19.7. The molecular formula is C22H25NO5. The quantitative estimate of drug-likeness (QED) is 0.830. The van der Waals surface area contributed by atoms with Crippen LogP contribution in [0.3, 0.4) is 0 Å². The van der Waals surface area contributed by atoms with E-state index >= 15 is 0 Å². The summed E-state index contributed by atoms with van der Waals surface area (Å²) >= 11 is 0. The van der Waals surface area contributed by atoms with Crippen LogP contribution >= 0.6 is 0 Å². The zero-order valence-electron chi connectivity index (χ0n) is 16.2. The monoisotopic (exact) mass is 383 g/mol. The summed E-state index contributed by atoms with van der Waals surface area (Å²) < 4.78 is 10.5. The lowest BCUT2D eigenvalue weighted by Gasteiger charge is -2.39. The normalized spacial score (nSPS) is 15.7. The number of hydrogen-bond acceptors (Lipinski definition) is 4. The topological polar surface area (TPSA) is 76.1 Å². The second-order valence-corrected chi connectivity index (χ2v) is 7.00. The average Bonchev–Trinajstić information content (AvgIpc) is 2.74. The van der Waals surface area contributed by atoms with Gasteiger partial charge in [0.1, 0.15) is 0 Å². The van der Waals surface area contributed by atoms with Crippen molar-refractivity contribution < 1.29 is 24.2 Å². The van der Waals surface area contributed by atoms with Crippen molar-refractivity contribution in [3.63, 3.8) is 0 Å². The molecule has 1 heterocycles. The van der Waals surface area contributed by atoms with Gasteiger partial charge in [0, 0.05) is 13.1 Å². The Hall–Kier alpha value is -3.02. The van der Waals surface area contributed by atoms with E-state index in [2.05, 4.69) is 0 Å². The summed E-state index contributed by atoms with van der Waals surface area (Å²) in [6, 6.07) is 14.7. The Morgan fingerprint density at radius 3 is 2.21 bits per heavy atom. The standard InChI is InChI=1S/C22H25NO5/c1-27-18-9-8-16(14-19(18)28-2)15-20(24)23-12-10-22(11-13-23,21(25)26)17-6-4-3-5-7-17/h3-9,14H,10-13,15H2,1-2H3,(H,25,26). The van der Waals surface area contributed by atoms with Crippen LogP contribution < -0.4 is 9.47 Å². The SMILES string of the molecule is COc1ccc(CC(=O)N2CCC(C(=O)O)(c3ccccc3)CC2)cc1OC. The summed E-state index contributed by atoms with van der Waals surface area (Å²) in [6.45, 7) is 0.848. The maximum absolute atomic E-state index is 12.7. The molecule has 2 aromatic carbocycles. The van der Waals surface area contributed by atoms with Gasteiger partial charge in [-0.2, -0.15) is 0 Å². The number of amides is 1. The van der Waals surface area contributed by atoms with Crippen LogP contribution in [-0.4, -0.2) is 49.2 Å². The van der Waals surface area contributed by atoms with Crippen LogP contribution in [0.5, 0.6) is 11.5 Å². The van der Waals surface area contributed by atoms with Gasteiger partial charge < -0.3 is 19.5 Å². The summed E-state index contributed by atoms with van der Waals surface area (Å²) in [5, 5.41) is 9.88. The molecule has 1 amide bonds. The number of carbonyl (C=O) groups excluding carboxylic acids is 1. The Bertz CT molecular complexity index is 841. The molecule has 0 aromatic heterocycles. The number of carbonyl (C=O) groups is 2. The Morgan fingerprint density at radius 1 is 1.00 bits per heavy atom. The molecule has 1 N–H and O–H groups in total. The molecule has 1 fully saturated rings. The van der Waals surface area contributed by atoms with Crippen LogP contribution in [0.2, 0.25) is 0 Å². The van der Waals surface area contributed by atoms with Gasteiger partial charge in [-0.05, 0) is 36.1 Å². The molecule has 0 atom stereocenters. The lowest BCUT2D eigenvalue weighted by Crippen LogP contribution is -2.49. The summed E-state index contributed by atoms with van der Waals surface area (Å²) in [4.78, 5) is 26.5. The summed E-state index contributed by atoms with van der Waals surface area (Å²) in [6.07, 6.45) is 1.06. The molecule has 0 spiro atoms. The average molecular weight is 383 g/mol. The van der Waals surface area contributed by atoms with E-state index in [1.807, 2.05) is 36.4 Å². The minimum Gasteiger partial charge on any atom is -0.493 e. The number of rotatable bonds is 6. The third-order valence-corrected chi connectivity index (χ3v) is 5.51. The Morgan fingerprint density at radius 2 is 1.64 bits per heavy atom. The molecule has 6 heteroatoms. The molecule has 0 radical (unpaired) electrons. The van der Waals surface area contributed by atoms with Gasteiger partial charge in [0.05, 0.1) is 26.1 Å². The number of hydrogen-bond donors (Lipinski definition) is 1. The molecule has 2 aromatic rings. The number of benzene rings is 2. The zero-order chi connectivity index (χ0) is 20.1. The maximum atomic E-state index is 12.7. The first-order valence-corrected chi connectivity index (χ1v) is 9.28. The molecule has 3 rings (SSSR count). The number of methoxy groups -OCH3 is 2. The van der Waals surface area contributed by atoms with E-state index in [0.29, 0.717) is 37.4 Å². The molecule has 28 heavy (non-hydrogen) atoms.